The van der Waals surface area contributed by atoms with Gasteiger partial charge >= 0.3 is 5.97 Å². The Hall–Kier alpha value is -2.24. The van der Waals surface area contributed by atoms with Crippen LogP contribution in [0.4, 0.5) is 5.69 Å². The predicted molar refractivity (Wildman–Crippen MR) is 81.0 cm³/mol. The van der Waals surface area contributed by atoms with Crippen molar-refractivity contribution in [1.29, 1.82) is 0 Å². The Kier molecular flexibility index (Phi) is 4.59. The fourth-order valence-electron chi connectivity index (χ4n) is 2.60. The van der Waals surface area contributed by atoms with Gasteiger partial charge in [0.25, 0.3) is 5.91 Å². The molecule has 1 N–H and O–H groups in total. The summed E-state index contributed by atoms with van der Waals surface area (Å²) in [6.07, 6.45) is 0.976. The number of hydrogen-bond acceptors (Lipinski definition) is 5. The number of nitrogens with zero attached hydrogens (tertiary/aromatic N) is 1. The molecule has 0 aliphatic carbocycles. The van der Waals surface area contributed by atoms with Gasteiger partial charge < -0.3 is 14.6 Å². The number of carbonyl (C=O) groups excluding carboxylic acids is 2. The minimum Gasteiger partial charge on any atom is -0.508 e. The zero-order valence-corrected chi connectivity index (χ0v) is 13.1. The first kappa shape index (κ1) is 16.1. The first-order valence-electron chi connectivity index (χ1n) is 7.47. The molecule has 2 rings (SSSR count). The van der Waals surface area contributed by atoms with Crippen LogP contribution in [0.25, 0.3) is 0 Å². The maximum atomic E-state index is 12.8. The lowest BCUT2D eigenvalue weighted by Crippen LogP contribution is -2.56. The van der Waals surface area contributed by atoms with Crippen molar-refractivity contribution < 1.29 is 24.2 Å². The molecule has 0 unspecified atom stereocenters. The van der Waals surface area contributed by atoms with Crippen molar-refractivity contribution in [3.05, 3.63) is 18.2 Å². The lowest BCUT2D eigenvalue weighted by atomic mass is 9.92. The van der Waals surface area contributed by atoms with Gasteiger partial charge in [-0.1, -0.05) is 13.8 Å². The van der Waals surface area contributed by atoms with Gasteiger partial charge in [-0.3, -0.25) is 14.5 Å². The number of anilines is 1. The number of carbonyl (C=O) groups is 2. The molecule has 0 saturated heterocycles. The van der Waals surface area contributed by atoms with Gasteiger partial charge in [-0.2, -0.15) is 0 Å². The zero-order chi connectivity index (χ0) is 16.3. The first-order chi connectivity index (χ1) is 10.5. The van der Waals surface area contributed by atoms with E-state index in [1.807, 2.05) is 13.8 Å². The van der Waals surface area contributed by atoms with E-state index in [0.29, 0.717) is 24.3 Å². The van der Waals surface area contributed by atoms with Crippen molar-refractivity contribution >= 4 is 17.6 Å². The van der Waals surface area contributed by atoms with E-state index in [0.717, 1.165) is 0 Å². The highest BCUT2D eigenvalue weighted by molar-refractivity contribution is 6.05. The van der Waals surface area contributed by atoms with Gasteiger partial charge in [0.2, 0.25) is 0 Å². The van der Waals surface area contributed by atoms with E-state index in [-0.39, 0.29) is 24.8 Å². The lowest BCUT2D eigenvalue weighted by molar-refractivity contribution is -0.145. The van der Waals surface area contributed by atoms with Gasteiger partial charge in [0.05, 0.1) is 12.3 Å². The molecule has 0 bridgehead atoms. The Morgan fingerprint density at radius 1 is 1.32 bits per heavy atom. The highest BCUT2D eigenvalue weighted by Gasteiger charge is 2.46. The maximum absolute atomic E-state index is 12.8. The smallest absolute Gasteiger partial charge is 0.326 e. The Morgan fingerprint density at radius 3 is 2.59 bits per heavy atom. The van der Waals surface area contributed by atoms with E-state index in [4.69, 9.17) is 9.47 Å². The van der Waals surface area contributed by atoms with Gasteiger partial charge in [-0.05, 0) is 31.9 Å². The maximum Gasteiger partial charge on any atom is 0.326 e. The molecule has 1 aliphatic rings. The molecule has 1 aromatic carbocycles. The molecule has 0 atom stereocenters. The molecule has 0 radical (unpaired) electrons. The van der Waals surface area contributed by atoms with Crippen molar-refractivity contribution in [1.82, 2.24) is 0 Å². The van der Waals surface area contributed by atoms with Gasteiger partial charge in [0.15, 0.2) is 5.60 Å². The molecule has 22 heavy (non-hydrogen) atoms. The van der Waals surface area contributed by atoms with Crippen LogP contribution >= 0.6 is 0 Å². The number of ether oxygens (including phenoxy) is 2. The first-order valence-corrected chi connectivity index (χ1v) is 7.47. The normalized spacial score (nSPS) is 16.0. The van der Waals surface area contributed by atoms with E-state index >= 15 is 0 Å². The molecule has 0 fully saturated rings. The Labute approximate surface area is 129 Å². The fraction of sp³-hybridized carbons (Fsp3) is 0.500. The third-order valence-electron chi connectivity index (χ3n) is 3.91. The van der Waals surface area contributed by atoms with Crippen molar-refractivity contribution in [3.8, 4) is 11.5 Å². The molecule has 1 amide bonds. The molecule has 0 saturated carbocycles. The van der Waals surface area contributed by atoms with Crippen LogP contribution in [-0.2, 0) is 14.3 Å². The average Bonchev–Trinajstić information content (AvgIpc) is 2.51. The summed E-state index contributed by atoms with van der Waals surface area (Å²) in [7, 11) is 0. The average molecular weight is 307 g/mol. The van der Waals surface area contributed by atoms with Gasteiger partial charge in [0.1, 0.15) is 18.0 Å². The number of amides is 1. The summed E-state index contributed by atoms with van der Waals surface area (Å²) in [5, 5.41) is 9.66. The van der Waals surface area contributed by atoms with Crippen molar-refractivity contribution in [2.45, 2.75) is 39.2 Å². The summed E-state index contributed by atoms with van der Waals surface area (Å²) < 4.78 is 10.8. The van der Waals surface area contributed by atoms with Gasteiger partial charge in [-0.15, -0.1) is 0 Å². The molecule has 1 heterocycles. The van der Waals surface area contributed by atoms with E-state index in [1.165, 1.54) is 17.0 Å². The quantitative estimate of drug-likeness (QED) is 0.844. The van der Waals surface area contributed by atoms with E-state index in [2.05, 4.69) is 0 Å². The second kappa shape index (κ2) is 6.25. The van der Waals surface area contributed by atoms with Gasteiger partial charge in [-0.25, -0.2) is 0 Å². The van der Waals surface area contributed by atoms with Crippen molar-refractivity contribution in [2.75, 3.05) is 18.1 Å². The summed E-state index contributed by atoms with van der Waals surface area (Å²) in [5.74, 6) is -0.299. The van der Waals surface area contributed by atoms with Crippen LogP contribution in [0.3, 0.4) is 0 Å². The largest absolute Gasteiger partial charge is 0.508 e. The number of fused-ring (bicyclic) bond motifs is 1. The molecule has 1 aromatic rings. The van der Waals surface area contributed by atoms with Crippen LogP contribution in [0.5, 0.6) is 11.5 Å². The molecular formula is C16H21NO5. The molecule has 1 aliphatic heterocycles. The zero-order valence-electron chi connectivity index (χ0n) is 13.1. The number of rotatable bonds is 5. The van der Waals surface area contributed by atoms with Crippen molar-refractivity contribution in [3.63, 3.8) is 0 Å². The van der Waals surface area contributed by atoms with Crippen LogP contribution in [-0.4, -0.2) is 35.7 Å². The standard InChI is InChI=1S/C16H21NO5/c1-4-16(5-2)15(20)17(10-14(19)21-6-3)12-9-11(18)7-8-13(12)22-16/h7-9,18H,4-6,10H2,1-3H3. The van der Waals surface area contributed by atoms with Crippen LogP contribution in [0.1, 0.15) is 33.6 Å². The van der Waals surface area contributed by atoms with Crippen molar-refractivity contribution in [2.24, 2.45) is 0 Å². The number of phenols is 1. The molecular weight excluding hydrogens is 286 g/mol. The SMILES string of the molecule is CCOC(=O)CN1C(=O)C(CC)(CC)Oc2ccc(O)cc21. The molecule has 0 aromatic heterocycles. The summed E-state index contributed by atoms with van der Waals surface area (Å²) in [4.78, 5) is 26.0. The van der Waals surface area contributed by atoms with Crippen LogP contribution in [0.2, 0.25) is 0 Å². The summed E-state index contributed by atoms with van der Waals surface area (Å²) in [6.45, 7) is 5.50. The third-order valence-corrected chi connectivity index (χ3v) is 3.91. The third kappa shape index (κ3) is 2.73. The fourth-order valence-corrected chi connectivity index (χ4v) is 2.60. The summed E-state index contributed by atoms with van der Waals surface area (Å²) in [5.41, 5.74) is -0.605. The van der Waals surface area contributed by atoms with E-state index in [9.17, 15) is 14.7 Å². The highest BCUT2D eigenvalue weighted by atomic mass is 16.5. The number of esters is 1. The molecule has 6 nitrogen and oxygen atoms in total. The highest BCUT2D eigenvalue weighted by Crippen LogP contribution is 2.42. The number of aromatic hydroxyl groups is 1. The number of benzene rings is 1. The monoisotopic (exact) mass is 307 g/mol. The Balaban J connectivity index is 2.46. The summed E-state index contributed by atoms with van der Waals surface area (Å²) >= 11 is 0. The number of phenolic OH excluding ortho intramolecular Hbond substituents is 1. The van der Waals surface area contributed by atoms with Crippen LogP contribution in [0, 0.1) is 0 Å². The second-order valence-corrected chi connectivity index (χ2v) is 5.15. The predicted octanol–water partition coefficient (Wildman–Crippen LogP) is 2.24. The number of hydrogen-bond donors (Lipinski definition) is 1. The Bertz CT molecular complexity index is 580. The second-order valence-electron chi connectivity index (χ2n) is 5.15. The topological polar surface area (TPSA) is 76.1 Å². The Morgan fingerprint density at radius 2 is 2.00 bits per heavy atom. The summed E-state index contributed by atoms with van der Waals surface area (Å²) in [6, 6.07) is 4.52. The minimum atomic E-state index is -0.990. The minimum absolute atomic E-state index is 0.00417. The van der Waals surface area contributed by atoms with Crippen LogP contribution < -0.4 is 9.64 Å². The van der Waals surface area contributed by atoms with Gasteiger partial charge in [0, 0.05) is 6.07 Å². The molecule has 0 spiro atoms. The molecule has 6 heteroatoms. The van der Waals surface area contributed by atoms with Crippen LogP contribution in [0.15, 0.2) is 18.2 Å². The van der Waals surface area contributed by atoms with E-state index < -0.39 is 11.6 Å². The molecule has 120 valence electrons. The lowest BCUT2D eigenvalue weighted by Gasteiger charge is -2.41. The van der Waals surface area contributed by atoms with E-state index in [1.54, 1.807) is 13.0 Å².